The predicted molar refractivity (Wildman–Crippen MR) is 44.4 cm³/mol. The van der Waals surface area contributed by atoms with Crippen LogP contribution in [-0.4, -0.2) is 19.9 Å². The fourth-order valence-electron chi connectivity index (χ4n) is 0.890. The summed E-state index contributed by atoms with van der Waals surface area (Å²) < 4.78 is 11.5. The molecule has 2 nitrogen and oxygen atoms in total. The van der Waals surface area contributed by atoms with Gasteiger partial charge in [-0.05, 0) is 6.92 Å². The van der Waals surface area contributed by atoms with E-state index in [0.717, 1.165) is 0 Å². The van der Waals surface area contributed by atoms with Gasteiger partial charge in [0.05, 0.1) is 15.0 Å². The van der Waals surface area contributed by atoms with Crippen LogP contribution in [-0.2, 0) is 15.6 Å². The van der Waals surface area contributed by atoms with Crippen molar-refractivity contribution in [3.05, 3.63) is 0 Å². The van der Waals surface area contributed by atoms with Gasteiger partial charge in [0.1, 0.15) is 5.78 Å². The number of rotatable bonds is 1. The third-order valence-corrected chi connectivity index (χ3v) is 3.70. The number of thiocarbonyl (C=S) groups is 1. The van der Waals surface area contributed by atoms with Crippen LogP contribution in [0.4, 0.5) is 0 Å². The molecule has 0 spiro atoms. The third kappa shape index (κ3) is 1.49. The number of carbonyl (C=O) groups is 1. The van der Waals surface area contributed by atoms with Crippen LogP contribution in [0, 0.1) is 5.92 Å². The molecule has 2 atom stereocenters. The van der Waals surface area contributed by atoms with E-state index in [1.54, 1.807) is 0 Å². The van der Waals surface area contributed by atoms with Crippen molar-refractivity contribution in [3.63, 3.8) is 0 Å². The summed E-state index contributed by atoms with van der Waals surface area (Å²) in [6.45, 7) is 1.52. The summed E-state index contributed by atoms with van der Waals surface area (Å²) in [5.74, 6) is 0.496. The zero-order valence-electron chi connectivity index (χ0n) is 5.62. The first kappa shape index (κ1) is 8.01. The van der Waals surface area contributed by atoms with E-state index in [0.29, 0.717) is 16.4 Å². The first-order valence-electron chi connectivity index (χ1n) is 3.03. The van der Waals surface area contributed by atoms with Gasteiger partial charge in [0.2, 0.25) is 0 Å². The number of ketones is 1. The molecule has 0 aromatic rings. The van der Waals surface area contributed by atoms with E-state index in [1.165, 1.54) is 6.92 Å². The second-order valence-electron chi connectivity index (χ2n) is 2.40. The number of carbonyl (C=O) groups excluding carboxylic acids is 1. The Balaban J connectivity index is 2.66. The van der Waals surface area contributed by atoms with Crippen LogP contribution in [0.2, 0.25) is 0 Å². The summed E-state index contributed by atoms with van der Waals surface area (Å²) in [5, 5.41) is 0. The summed E-state index contributed by atoms with van der Waals surface area (Å²) >= 11 is 4.79. The van der Waals surface area contributed by atoms with Crippen molar-refractivity contribution in [1.29, 1.82) is 0 Å². The van der Waals surface area contributed by atoms with Gasteiger partial charge < -0.3 is 0 Å². The molecule has 0 aliphatic carbocycles. The summed E-state index contributed by atoms with van der Waals surface area (Å²) in [4.78, 5) is 10.7. The van der Waals surface area contributed by atoms with Crippen molar-refractivity contribution in [2.24, 2.45) is 5.92 Å². The molecule has 1 heterocycles. The van der Waals surface area contributed by atoms with Crippen LogP contribution in [0.1, 0.15) is 13.3 Å². The molecule has 1 fully saturated rings. The molecule has 4 heteroatoms. The Morgan fingerprint density at radius 3 is 2.60 bits per heavy atom. The zero-order valence-corrected chi connectivity index (χ0v) is 7.26. The maximum Gasteiger partial charge on any atom is 0.134 e. The van der Waals surface area contributed by atoms with Crippen LogP contribution in [0.15, 0.2) is 0 Å². The summed E-state index contributed by atoms with van der Waals surface area (Å²) in [7, 11) is -1.01. The molecule has 0 aromatic heterocycles. The topological polar surface area (TPSA) is 34.1 Å². The summed E-state index contributed by atoms with van der Waals surface area (Å²) in [5.41, 5.74) is 0. The predicted octanol–water partition coefficient (Wildman–Crippen LogP) is 0.671. The van der Waals surface area contributed by atoms with E-state index >= 15 is 0 Å². The lowest BCUT2D eigenvalue weighted by Gasteiger charge is -1.97. The molecule has 0 bridgehead atoms. The van der Waals surface area contributed by atoms with E-state index in [4.69, 9.17) is 12.2 Å². The molecule has 0 N–H and O–H groups in total. The highest BCUT2D eigenvalue weighted by molar-refractivity contribution is 8.13. The minimum absolute atomic E-state index is 0.0617. The highest BCUT2D eigenvalue weighted by Crippen LogP contribution is 2.18. The van der Waals surface area contributed by atoms with Crippen molar-refractivity contribution >= 4 is 33.0 Å². The van der Waals surface area contributed by atoms with Gasteiger partial charge in [-0.2, -0.15) is 0 Å². The molecule has 0 radical (unpaired) electrons. The minimum Gasteiger partial charge on any atom is -0.300 e. The molecular formula is C6H8O2S2. The summed E-state index contributed by atoms with van der Waals surface area (Å²) in [6.07, 6.45) is 0.553. The molecule has 0 aromatic carbocycles. The van der Waals surface area contributed by atoms with Crippen molar-refractivity contribution < 1.29 is 9.00 Å². The molecular weight excluding hydrogens is 168 g/mol. The van der Waals surface area contributed by atoms with Crippen molar-refractivity contribution in [2.45, 2.75) is 13.3 Å². The Kier molecular flexibility index (Phi) is 2.31. The maximum atomic E-state index is 10.9. The van der Waals surface area contributed by atoms with Gasteiger partial charge in [-0.3, -0.25) is 9.00 Å². The Hall–Kier alpha value is -0.0900. The van der Waals surface area contributed by atoms with Crippen LogP contribution < -0.4 is 0 Å². The van der Waals surface area contributed by atoms with E-state index in [1.807, 2.05) is 0 Å². The molecule has 0 unspecified atom stereocenters. The average Bonchev–Trinajstić information content (AvgIpc) is 2.13. The standard InChI is InChI=1S/C6H8O2S2/c1-4(7)5-2-6(9)10(8)3-5/h5H,2-3H2,1H3/t5-,10-/m1/s1. The molecule has 1 rings (SSSR count). The summed E-state index contributed by atoms with van der Waals surface area (Å²) in [6, 6.07) is 0. The van der Waals surface area contributed by atoms with Gasteiger partial charge >= 0.3 is 0 Å². The van der Waals surface area contributed by atoms with Gasteiger partial charge in [-0.1, -0.05) is 12.2 Å². The second kappa shape index (κ2) is 2.88. The Labute approximate surface area is 67.5 Å². The Morgan fingerprint density at radius 2 is 2.40 bits per heavy atom. The van der Waals surface area contributed by atoms with Gasteiger partial charge in [-0.15, -0.1) is 0 Å². The van der Waals surface area contributed by atoms with Gasteiger partial charge in [0.25, 0.3) is 0 Å². The molecule has 0 amide bonds. The van der Waals surface area contributed by atoms with Crippen LogP contribution >= 0.6 is 12.2 Å². The van der Waals surface area contributed by atoms with E-state index in [2.05, 4.69) is 0 Å². The molecule has 10 heavy (non-hydrogen) atoms. The zero-order chi connectivity index (χ0) is 7.72. The SMILES string of the molecule is CC(=O)[C@@H]1CC(=S)[S@](=O)C1. The first-order valence-corrected chi connectivity index (χ1v) is 4.75. The smallest absolute Gasteiger partial charge is 0.134 e. The normalized spacial score (nSPS) is 32.7. The monoisotopic (exact) mass is 176 g/mol. The van der Waals surface area contributed by atoms with Gasteiger partial charge in [-0.25, -0.2) is 0 Å². The average molecular weight is 176 g/mol. The second-order valence-corrected chi connectivity index (χ2v) is 4.66. The lowest BCUT2D eigenvalue weighted by molar-refractivity contribution is -0.119. The molecule has 1 aliphatic heterocycles. The van der Waals surface area contributed by atoms with Crippen LogP contribution in [0.3, 0.4) is 0 Å². The van der Waals surface area contributed by atoms with E-state index in [9.17, 15) is 9.00 Å². The maximum absolute atomic E-state index is 10.9. The van der Waals surface area contributed by atoms with Gasteiger partial charge in [0, 0.05) is 18.1 Å². The van der Waals surface area contributed by atoms with Crippen molar-refractivity contribution in [2.75, 3.05) is 5.75 Å². The molecule has 1 aliphatic rings. The fourth-order valence-corrected chi connectivity index (χ4v) is 2.59. The number of hydrogen-bond donors (Lipinski definition) is 0. The Bertz CT molecular complexity index is 194. The highest BCUT2D eigenvalue weighted by Gasteiger charge is 2.28. The molecule has 0 saturated carbocycles. The van der Waals surface area contributed by atoms with Gasteiger partial charge in [0.15, 0.2) is 0 Å². The number of hydrogen-bond acceptors (Lipinski definition) is 3. The Morgan fingerprint density at radius 1 is 1.80 bits per heavy atom. The highest BCUT2D eigenvalue weighted by atomic mass is 32.2. The van der Waals surface area contributed by atoms with E-state index < -0.39 is 10.8 Å². The fraction of sp³-hybridized carbons (Fsp3) is 0.667. The molecule has 1 saturated heterocycles. The van der Waals surface area contributed by atoms with Crippen molar-refractivity contribution in [3.8, 4) is 0 Å². The number of Topliss-reactive ketones (excluding diaryl/α,β-unsaturated/α-hetero) is 1. The van der Waals surface area contributed by atoms with E-state index in [-0.39, 0.29) is 11.7 Å². The third-order valence-electron chi connectivity index (χ3n) is 1.59. The van der Waals surface area contributed by atoms with Crippen LogP contribution in [0.5, 0.6) is 0 Å². The first-order chi connectivity index (χ1) is 4.61. The molecule has 56 valence electrons. The minimum atomic E-state index is -1.01. The quantitative estimate of drug-likeness (QED) is 0.551. The lowest BCUT2D eigenvalue weighted by Crippen LogP contribution is -2.09. The van der Waals surface area contributed by atoms with Crippen molar-refractivity contribution in [1.82, 2.24) is 0 Å². The van der Waals surface area contributed by atoms with Crippen LogP contribution in [0.25, 0.3) is 0 Å². The largest absolute Gasteiger partial charge is 0.300 e. The lowest BCUT2D eigenvalue weighted by atomic mass is 10.1.